The van der Waals surface area contributed by atoms with Gasteiger partial charge in [-0.3, -0.25) is 20.4 Å². The van der Waals surface area contributed by atoms with E-state index in [1.54, 1.807) is 24.3 Å². The number of amides is 2. The van der Waals surface area contributed by atoms with Crippen molar-refractivity contribution in [2.45, 2.75) is 32.1 Å². The number of halogens is 1. The second kappa shape index (κ2) is 7.88. The Morgan fingerprint density at radius 1 is 1.10 bits per heavy atom. The number of hydrogen-bond donors (Lipinski definition) is 2. The first-order valence-corrected chi connectivity index (χ1v) is 7.50. The van der Waals surface area contributed by atoms with Crippen LogP contribution < -0.4 is 15.6 Å². The van der Waals surface area contributed by atoms with Gasteiger partial charge in [0.2, 0.25) is 5.91 Å². The smallest absolute Gasteiger partial charge is 0.276 e. The fourth-order valence-corrected chi connectivity index (χ4v) is 2.44. The minimum atomic E-state index is -0.394. The number of nitrogens with one attached hydrogen (secondary N) is 2. The Hall–Kier alpha value is -1.75. The molecule has 0 saturated heterocycles. The maximum Gasteiger partial charge on any atom is 0.276 e. The quantitative estimate of drug-likeness (QED) is 0.839. The summed E-state index contributed by atoms with van der Waals surface area (Å²) in [5.74, 6) is 0.0491. The summed E-state index contributed by atoms with van der Waals surface area (Å²) in [5.41, 5.74) is 4.83. The van der Waals surface area contributed by atoms with Crippen LogP contribution in [0.3, 0.4) is 0 Å². The molecule has 0 bridgehead atoms. The van der Waals surface area contributed by atoms with Crippen LogP contribution >= 0.6 is 11.6 Å². The van der Waals surface area contributed by atoms with Crippen LogP contribution in [0, 0.1) is 5.92 Å². The molecule has 2 rings (SSSR count). The van der Waals surface area contributed by atoms with Gasteiger partial charge in [0.05, 0.1) is 0 Å². The normalized spacial score (nSPS) is 15.3. The SMILES string of the molecule is O=C(COc1ccc(Cl)cc1)NNC(=O)C1CCCCC1. The van der Waals surface area contributed by atoms with Crippen LogP contribution in [-0.4, -0.2) is 18.4 Å². The third-order valence-corrected chi connectivity index (χ3v) is 3.74. The highest BCUT2D eigenvalue weighted by atomic mass is 35.5. The Labute approximate surface area is 129 Å². The third kappa shape index (κ3) is 5.27. The van der Waals surface area contributed by atoms with Crippen molar-refractivity contribution in [2.24, 2.45) is 5.92 Å². The molecule has 1 fully saturated rings. The standard InChI is InChI=1S/C15H19ClN2O3/c16-12-6-8-13(9-7-12)21-10-14(19)17-18-15(20)11-4-2-1-3-5-11/h6-9,11H,1-5,10H2,(H,17,19)(H,18,20). The van der Waals surface area contributed by atoms with Crippen LogP contribution in [0.4, 0.5) is 0 Å². The predicted molar refractivity (Wildman–Crippen MR) is 79.8 cm³/mol. The van der Waals surface area contributed by atoms with E-state index in [1.807, 2.05) is 0 Å². The molecule has 1 aliphatic carbocycles. The summed E-state index contributed by atoms with van der Waals surface area (Å²) in [6.45, 7) is -0.160. The number of carbonyl (C=O) groups is 2. The molecule has 0 atom stereocenters. The van der Waals surface area contributed by atoms with Gasteiger partial charge in [0.15, 0.2) is 6.61 Å². The summed E-state index contributed by atoms with van der Waals surface area (Å²) < 4.78 is 5.28. The fourth-order valence-electron chi connectivity index (χ4n) is 2.31. The molecule has 1 aromatic carbocycles. The zero-order valence-corrected chi connectivity index (χ0v) is 12.5. The Morgan fingerprint density at radius 3 is 2.43 bits per heavy atom. The van der Waals surface area contributed by atoms with Gasteiger partial charge in [0.25, 0.3) is 5.91 Å². The van der Waals surface area contributed by atoms with E-state index < -0.39 is 5.91 Å². The fraction of sp³-hybridized carbons (Fsp3) is 0.467. The number of carbonyl (C=O) groups excluding carboxylic acids is 2. The third-order valence-electron chi connectivity index (χ3n) is 3.48. The Balaban J connectivity index is 1.67. The maximum absolute atomic E-state index is 11.8. The van der Waals surface area contributed by atoms with Crippen molar-refractivity contribution in [1.82, 2.24) is 10.9 Å². The first-order chi connectivity index (χ1) is 10.1. The number of hydrazine groups is 1. The summed E-state index contributed by atoms with van der Waals surface area (Å²) in [4.78, 5) is 23.4. The highest BCUT2D eigenvalue weighted by Crippen LogP contribution is 2.23. The van der Waals surface area contributed by atoms with E-state index in [-0.39, 0.29) is 18.4 Å². The van der Waals surface area contributed by atoms with Crippen molar-refractivity contribution in [3.63, 3.8) is 0 Å². The van der Waals surface area contributed by atoms with Gasteiger partial charge in [-0.25, -0.2) is 0 Å². The summed E-state index contributed by atoms with van der Waals surface area (Å²) in [5, 5.41) is 0.603. The van der Waals surface area contributed by atoms with E-state index in [2.05, 4.69) is 10.9 Å². The Morgan fingerprint density at radius 2 is 1.76 bits per heavy atom. The lowest BCUT2D eigenvalue weighted by atomic mass is 9.89. The first-order valence-electron chi connectivity index (χ1n) is 7.12. The topological polar surface area (TPSA) is 67.4 Å². The number of benzene rings is 1. The zero-order valence-electron chi connectivity index (χ0n) is 11.7. The van der Waals surface area contributed by atoms with Gasteiger partial charge < -0.3 is 4.74 Å². The van der Waals surface area contributed by atoms with Gasteiger partial charge in [-0.05, 0) is 37.1 Å². The van der Waals surface area contributed by atoms with Crippen LogP contribution in [0.5, 0.6) is 5.75 Å². The maximum atomic E-state index is 11.8. The van der Waals surface area contributed by atoms with Gasteiger partial charge in [-0.2, -0.15) is 0 Å². The lowest BCUT2D eigenvalue weighted by Crippen LogP contribution is -2.46. The summed E-state index contributed by atoms with van der Waals surface area (Å²) >= 11 is 5.75. The van der Waals surface area contributed by atoms with Crippen molar-refractivity contribution in [3.05, 3.63) is 29.3 Å². The highest BCUT2D eigenvalue weighted by molar-refractivity contribution is 6.30. The number of rotatable bonds is 4. The van der Waals surface area contributed by atoms with Crippen LogP contribution in [0.25, 0.3) is 0 Å². The molecule has 0 radical (unpaired) electrons. The second-order valence-corrected chi connectivity index (χ2v) is 5.55. The molecule has 5 nitrogen and oxygen atoms in total. The van der Waals surface area contributed by atoms with Gasteiger partial charge >= 0.3 is 0 Å². The van der Waals surface area contributed by atoms with E-state index >= 15 is 0 Å². The lowest BCUT2D eigenvalue weighted by molar-refractivity contribution is -0.132. The van der Waals surface area contributed by atoms with E-state index in [1.165, 1.54) is 6.42 Å². The van der Waals surface area contributed by atoms with E-state index in [0.29, 0.717) is 10.8 Å². The lowest BCUT2D eigenvalue weighted by Gasteiger charge is -2.20. The minimum Gasteiger partial charge on any atom is -0.484 e. The van der Waals surface area contributed by atoms with Crippen molar-refractivity contribution >= 4 is 23.4 Å². The average molecular weight is 311 g/mol. The van der Waals surface area contributed by atoms with Crippen LogP contribution in [0.15, 0.2) is 24.3 Å². The van der Waals surface area contributed by atoms with E-state index in [0.717, 1.165) is 25.7 Å². The molecule has 21 heavy (non-hydrogen) atoms. The molecule has 6 heteroatoms. The van der Waals surface area contributed by atoms with Crippen LogP contribution in [0.1, 0.15) is 32.1 Å². The summed E-state index contributed by atoms with van der Waals surface area (Å²) in [6.07, 6.45) is 5.12. The molecular formula is C15H19ClN2O3. The number of ether oxygens (including phenoxy) is 1. The van der Waals surface area contributed by atoms with E-state index in [9.17, 15) is 9.59 Å². The van der Waals surface area contributed by atoms with Crippen molar-refractivity contribution < 1.29 is 14.3 Å². The summed E-state index contributed by atoms with van der Waals surface area (Å²) in [7, 11) is 0. The van der Waals surface area contributed by atoms with Crippen molar-refractivity contribution in [3.8, 4) is 5.75 Å². The number of hydrogen-bond acceptors (Lipinski definition) is 3. The van der Waals surface area contributed by atoms with Crippen LogP contribution in [0.2, 0.25) is 5.02 Å². The molecule has 114 valence electrons. The Kier molecular flexibility index (Phi) is 5.87. The molecule has 0 spiro atoms. The summed E-state index contributed by atoms with van der Waals surface area (Å²) in [6, 6.07) is 6.71. The molecule has 0 unspecified atom stereocenters. The van der Waals surface area contributed by atoms with Crippen molar-refractivity contribution in [1.29, 1.82) is 0 Å². The molecule has 0 aliphatic heterocycles. The second-order valence-electron chi connectivity index (χ2n) is 5.11. The minimum absolute atomic E-state index is 0.0104. The molecule has 0 heterocycles. The molecule has 1 aromatic rings. The molecular weight excluding hydrogens is 292 g/mol. The largest absolute Gasteiger partial charge is 0.484 e. The molecule has 1 saturated carbocycles. The van der Waals surface area contributed by atoms with Gasteiger partial charge in [-0.15, -0.1) is 0 Å². The predicted octanol–water partition coefficient (Wildman–Crippen LogP) is 2.45. The van der Waals surface area contributed by atoms with Gasteiger partial charge in [-0.1, -0.05) is 30.9 Å². The zero-order chi connectivity index (χ0) is 15.1. The van der Waals surface area contributed by atoms with Crippen LogP contribution in [-0.2, 0) is 9.59 Å². The monoisotopic (exact) mass is 310 g/mol. The first kappa shape index (κ1) is 15.6. The van der Waals surface area contributed by atoms with Crippen molar-refractivity contribution in [2.75, 3.05) is 6.61 Å². The molecule has 0 aromatic heterocycles. The molecule has 2 N–H and O–H groups in total. The van der Waals surface area contributed by atoms with E-state index in [4.69, 9.17) is 16.3 Å². The highest BCUT2D eigenvalue weighted by Gasteiger charge is 2.21. The van der Waals surface area contributed by atoms with Gasteiger partial charge in [0.1, 0.15) is 5.75 Å². The molecule has 2 amide bonds. The molecule has 1 aliphatic rings. The Bertz CT molecular complexity index is 484. The average Bonchev–Trinajstić information content (AvgIpc) is 2.53. The van der Waals surface area contributed by atoms with Gasteiger partial charge in [0, 0.05) is 10.9 Å².